The van der Waals surface area contributed by atoms with E-state index in [9.17, 15) is 13.6 Å². The van der Waals surface area contributed by atoms with Crippen LogP contribution in [0.15, 0.2) is 42.5 Å². The Balaban J connectivity index is 1.37. The van der Waals surface area contributed by atoms with Crippen LogP contribution in [0.4, 0.5) is 8.78 Å². The van der Waals surface area contributed by atoms with Gasteiger partial charge in [-0.25, -0.2) is 8.78 Å². The van der Waals surface area contributed by atoms with Crippen molar-refractivity contribution in [1.29, 1.82) is 0 Å². The van der Waals surface area contributed by atoms with E-state index < -0.39 is 17.0 Å². The Bertz CT molecular complexity index is 844. The van der Waals surface area contributed by atoms with Crippen LogP contribution in [0.3, 0.4) is 0 Å². The van der Waals surface area contributed by atoms with Gasteiger partial charge in [0.15, 0.2) is 11.6 Å². The molecule has 1 aliphatic heterocycles. The van der Waals surface area contributed by atoms with E-state index in [1.54, 1.807) is 0 Å². The summed E-state index contributed by atoms with van der Waals surface area (Å²) in [5.74, 6) is -1.12. The monoisotopic (exact) mass is 391 g/mol. The number of likely N-dealkylation sites (tertiary alicyclic amines) is 1. The number of piperidine rings is 1. The molecule has 1 amide bonds. The minimum Gasteiger partial charge on any atom is -0.487 e. The van der Waals surface area contributed by atoms with Gasteiger partial charge in [-0.3, -0.25) is 4.79 Å². The van der Waals surface area contributed by atoms with Crippen molar-refractivity contribution in [2.24, 2.45) is 0 Å². The number of hydrogen-bond acceptors (Lipinski definition) is 2. The first-order chi connectivity index (χ1) is 13.0. The van der Waals surface area contributed by atoms with Crippen LogP contribution < -0.4 is 4.74 Å². The maximum atomic E-state index is 13.8. The van der Waals surface area contributed by atoms with Crippen molar-refractivity contribution in [3.8, 4) is 5.75 Å². The maximum Gasteiger partial charge on any atom is 0.233 e. The molecule has 6 heteroatoms. The van der Waals surface area contributed by atoms with Crippen molar-refractivity contribution in [2.75, 3.05) is 13.1 Å². The molecule has 142 valence electrons. The molecule has 27 heavy (non-hydrogen) atoms. The Labute approximate surface area is 161 Å². The van der Waals surface area contributed by atoms with Gasteiger partial charge in [0.2, 0.25) is 5.91 Å². The van der Waals surface area contributed by atoms with Crippen molar-refractivity contribution in [1.82, 2.24) is 4.90 Å². The lowest BCUT2D eigenvalue weighted by Crippen LogP contribution is -2.46. The first kappa shape index (κ1) is 18.2. The third kappa shape index (κ3) is 3.65. The first-order valence-corrected chi connectivity index (χ1v) is 9.53. The Morgan fingerprint density at radius 1 is 1.07 bits per heavy atom. The van der Waals surface area contributed by atoms with Gasteiger partial charge in [0.1, 0.15) is 11.9 Å². The molecule has 1 saturated carbocycles. The highest BCUT2D eigenvalue weighted by Gasteiger charge is 2.53. The second-order valence-corrected chi connectivity index (χ2v) is 7.71. The Morgan fingerprint density at radius 2 is 1.74 bits per heavy atom. The molecule has 1 aliphatic carbocycles. The van der Waals surface area contributed by atoms with Crippen LogP contribution in [0.1, 0.15) is 31.2 Å². The highest BCUT2D eigenvalue weighted by Crippen LogP contribution is 2.50. The molecule has 1 heterocycles. The van der Waals surface area contributed by atoms with Crippen LogP contribution in [0.2, 0.25) is 5.02 Å². The molecule has 0 unspecified atom stereocenters. The molecule has 2 fully saturated rings. The van der Waals surface area contributed by atoms with E-state index in [1.807, 2.05) is 29.2 Å². The van der Waals surface area contributed by atoms with Gasteiger partial charge in [-0.2, -0.15) is 0 Å². The molecule has 0 aromatic heterocycles. The predicted octanol–water partition coefficient (Wildman–Crippen LogP) is 4.72. The Morgan fingerprint density at radius 3 is 2.33 bits per heavy atom. The lowest BCUT2D eigenvalue weighted by molar-refractivity contribution is -0.135. The number of amides is 1. The number of hydrogen-bond donors (Lipinski definition) is 0. The van der Waals surface area contributed by atoms with Crippen molar-refractivity contribution in [3.05, 3.63) is 64.7 Å². The van der Waals surface area contributed by atoms with Crippen LogP contribution in [0.25, 0.3) is 0 Å². The Kier molecular flexibility index (Phi) is 4.81. The summed E-state index contributed by atoms with van der Waals surface area (Å²) < 4.78 is 32.4. The standard InChI is InChI=1S/C21H20ClF2NO2/c22-15-3-1-14(2-4-15)21(9-10-21)20(26)25-11-7-17(8-12-25)27-19-6-5-16(23)13-18(19)24/h1-6,13,17H,7-12H2. The van der Waals surface area contributed by atoms with E-state index in [2.05, 4.69) is 0 Å². The lowest BCUT2D eigenvalue weighted by Gasteiger charge is -2.34. The van der Waals surface area contributed by atoms with E-state index in [-0.39, 0.29) is 17.8 Å². The molecular formula is C21H20ClF2NO2. The van der Waals surface area contributed by atoms with Crippen LogP contribution in [-0.4, -0.2) is 30.0 Å². The summed E-state index contributed by atoms with van der Waals surface area (Å²) in [5.41, 5.74) is 0.602. The molecule has 2 aromatic carbocycles. The van der Waals surface area contributed by atoms with Crippen molar-refractivity contribution < 1.29 is 18.3 Å². The smallest absolute Gasteiger partial charge is 0.233 e. The molecule has 2 aromatic rings. The zero-order valence-corrected chi connectivity index (χ0v) is 15.5. The van der Waals surface area contributed by atoms with Gasteiger partial charge in [0, 0.05) is 37.0 Å². The van der Waals surface area contributed by atoms with Crippen molar-refractivity contribution >= 4 is 17.5 Å². The molecule has 0 radical (unpaired) electrons. The van der Waals surface area contributed by atoms with Gasteiger partial charge >= 0.3 is 0 Å². The highest BCUT2D eigenvalue weighted by molar-refractivity contribution is 6.30. The van der Waals surface area contributed by atoms with E-state index in [4.69, 9.17) is 16.3 Å². The molecule has 2 aliphatic rings. The summed E-state index contributed by atoms with van der Waals surface area (Å²) in [6.45, 7) is 1.14. The van der Waals surface area contributed by atoms with Crippen LogP contribution in [0.5, 0.6) is 5.75 Å². The van der Waals surface area contributed by atoms with Crippen LogP contribution >= 0.6 is 11.6 Å². The molecule has 1 saturated heterocycles. The molecule has 0 spiro atoms. The van der Waals surface area contributed by atoms with E-state index in [1.165, 1.54) is 12.1 Å². The minimum absolute atomic E-state index is 0.0565. The number of ether oxygens (including phenoxy) is 1. The molecule has 4 rings (SSSR count). The maximum absolute atomic E-state index is 13.8. The topological polar surface area (TPSA) is 29.5 Å². The van der Waals surface area contributed by atoms with Crippen molar-refractivity contribution in [2.45, 2.75) is 37.2 Å². The average Bonchev–Trinajstić information content (AvgIpc) is 3.46. The van der Waals surface area contributed by atoms with Crippen LogP contribution in [-0.2, 0) is 10.2 Å². The normalized spacial score (nSPS) is 19.0. The van der Waals surface area contributed by atoms with E-state index in [0.29, 0.717) is 31.0 Å². The second-order valence-electron chi connectivity index (χ2n) is 7.27. The van der Waals surface area contributed by atoms with Gasteiger partial charge < -0.3 is 9.64 Å². The molecular weight excluding hydrogens is 372 g/mol. The average molecular weight is 392 g/mol. The number of benzene rings is 2. The zero-order valence-electron chi connectivity index (χ0n) is 14.8. The summed E-state index contributed by atoms with van der Waals surface area (Å²) >= 11 is 5.96. The number of halogens is 3. The number of carbonyl (C=O) groups excluding carboxylic acids is 1. The Hall–Kier alpha value is -2.14. The van der Waals surface area contributed by atoms with E-state index >= 15 is 0 Å². The lowest BCUT2D eigenvalue weighted by atomic mass is 9.93. The number of rotatable bonds is 4. The fourth-order valence-corrected chi connectivity index (χ4v) is 3.88. The van der Waals surface area contributed by atoms with Gasteiger partial charge in [-0.05, 0) is 42.7 Å². The summed E-state index contributed by atoms with van der Waals surface area (Å²) in [6, 6.07) is 10.8. The predicted molar refractivity (Wildman–Crippen MR) is 99.0 cm³/mol. The zero-order chi connectivity index (χ0) is 19.0. The number of nitrogens with zero attached hydrogens (tertiary/aromatic N) is 1. The molecule has 0 atom stereocenters. The fourth-order valence-electron chi connectivity index (χ4n) is 3.75. The highest BCUT2D eigenvalue weighted by atomic mass is 35.5. The summed E-state index contributed by atoms with van der Waals surface area (Å²) in [4.78, 5) is 15.0. The summed E-state index contributed by atoms with van der Waals surface area (Å²) in [6.07, 6.45) is 2.77. The number of carbonyl (C=O) groups is 1. The summed E-state index contributed by atoms with van der Waals surface area (Å²) in [7, 11) is 0. The largest absolute Gasteiger partial charge is 0.487 e. The minimum atomic E-state index is -0.701. The van der Waals surface area contributed by atoms with Crippen molar-refractivity contribution in [3.63, 3.8) is 0 Å². The fraction of sp³-hybridized carbons (Fsp3) is 0.381. The summed E-state index contributed by atoms with van der Waals surface area (Å²) in [5, 5.41) is 0.660. The van der Waals surface area contributed by atoms with Gasteiger partial charge in [0.25, 0.3) is 0 Å². The quantitative estimate of drug-likeness (QED) is 0.754. The van der Waals surface area contributed by atoms with Crippen LogP contribution in [0, 0.1) is 11.6 Å². The second kappa shape index (κ2) is 7.12. The van der Waals surface area contributed by atoms with Gasteiger partial charge in [-0.15, -0.1) is 0 Å². The third-order valence-corrected chi connectivity index (χ3v) is 5.72. The third-order valence-electron chi connectivity index (χ3n) is 5.47. The first-order valence-electron chi connectivity index (χ1n) is 9.15. The van der Waals surface area contributed by atoms with Gasteiger partial charge in [-0.1, -0.05) is 23.7 Å². The molecule has 3 nitrogen and oxygen atoms in total. The van der Waals surface area contributed by atoms with E-state index in [0.717, 1.165) is 24.5 Å². The van der Waals surface area contributed by atoms with Gasteiger partial charge in [0.05, 0.1) is 5.41 Å². The molecule has 0 N–H and O–H groups in total. The SMILES string of the molecule is O=C(N1CCC(Oc2ccc(F)cc2F)CC1)C1(c2ccc(Cl)cc2)CC1. The molecule has 0 bridgehead atoms.